The predicted octanol–water partition coefficient (Wildman–Crippen LogP) is 0.569. The molecule has 2 aliphatic rings. The molecule has 3 atom stereocenters. The summed E-state index contributed by atoms with van der Waals surface area (Å²) in [6.07, 6.45) is 4.28. The third kappa shape index (κ3) is 7.67. The quantitative estimate of drug-likeness (QED) is 0.0995. The lowest BCUT2D eigenvalue weighted by Gasteiger charge is -2.48. The molecule has 220 valence electrons. The number of nitrogens with one attached hydrogen (secondary N) is 1. The maximum atomic E-state index is 11.8. The molecule has 3 aromatic rings. The van der Waals surface area contributed by atoms with Gasteiger partial charge in [-0.2, -0.15) is 9.36 Å². The van der Waals surface area contributed by atoms with Crippen molar-refractivity contribution >= 4 is 78.1 Å². The summed E-state index contributed by atoms with van der Waals surface area (Å²) in [7, 11) is -0.640. The van der Waals surface area contributed by atoms with Crippen LogP contribution in [0.4, 0.5) is 0 Å². The number of fused-ring (bicyclic) bond motifs is 1. The van der Waals surface area contributed by atoms with Gasteiger partial charge in [0.2, 0.25) is 17.4 Å². The van der Waals surface area contributed by atoms with E-state index >= 15 is 0 Å². The third-order valence-electron chi connectivity index (χ3n) is 5.32. The van der Waals surface area contributed by atoms with Gasteiger partial charge in [-0.15, -0.1) is 23.1 Å². The topological polar surface area (TPSA) is 224 Å². The van der Waals surface area contributed by atoms with E-state index in [0.29, 0.717) is 11.3 Å². The first-order valence-electron chi connectivity index (χ1n) is 11.7. The number of aromatic nitrogens is 4. The fraction of sp³-hybridized carbons (Fsp3) is 0.273. The number of carbonyl (C=O) groups is 3. The van der Waals surface area contributed by atoms with E-state index in [9.17, 15) is 24.4 Å². The predicted molar refractivity (Wildman–Crippen MR) is 152 cm³/mol. The van der Waals surface area contributed by atoms with Crippen LogP contribution < -0.4 is 24.8 Å². The molecule has 2 aliphatic heterocycles. The fourth-order valence-electron chi connectivity index (χ4n) is 3.43. The minimum atomic E-state index is -2.59. The van der Waals surface area contributed by atoms with Gasteiger partial charge in [-0.1, -0.05) is 22.1 Å². The molecule has 0 aliphatic carbocycles. The molecule has 20 heteroatoms. The molecule has 5 heterocycles. The SMILES string of the molecule is CCO/N=C(\C(N)=O)c1nsc(O[P+](=N)[O-])n1.C[n+]1ccc(-c2csc(SC3=CS[C@@H]4CC(=O)N4C3C(=O)[O-])n2)cc1. The molecule has 3 N–H and O–H groups in total. The van der Waals surface area contributed by atoms with Crippen molar-refractivity contribution in [3.63, 3.8) is 0 Å². The monoisotopic (exact) mass is 668 g/mol. The first kappa shape index (κ1) is 31.5. The molecule has 3 aromatic heterocycles. The van der Waals surface area contributed by atoms with E-state index in [-0.39, 0.29) is 34.6 Å². The van der Waals surface area contributed by atoms with Crippen LogP contribution in [0, 0.1) is 5.16 Å². The van der Waals surface area contributed by atoms with Gasteiger partial charge < -0.3 is 30.3 Å². The van der Waals surface area contributed by atoms with Gasteiger partial charge in [-0.3, -0.25) is 9.59 Å². The summed E-state index contributed by atoms with van der Waals surface area (Å²) in [6, 6.07) is 2.94. The van der Waals surface area contributed by atoms with Crippen LogP contribution in [0.3, 0.4) is 0 Å². The number of hydrogen-bond donors (Lipinski definition) is 2. The van der Waals surface area contributed by atoms with Crippen LogP contribution in [0.15, 0.2) is 49.7 Å². The summed E-state index contributed by atoms with van der Waals surface area (Å²) >= 11 is 4.95. The standard InChI is InChI=1S/C16H13N3O3S3.C6H8N5O4PS/c1-18-4-2-9(3-5-18)10-7-24-16(17-10)25-11-8-23-13-6-12(20)19(13)14(11)15(21)22;1-2-14-10-3(4(7)12)5-9-6(17-11-5)15-16(8)13/h2-5,7-8,13-14H,6H2,1H3;8H,2H2,1H3,(H2,7,12)/b;10-3+/t13-,14?;/m1./s1. The van der Waals surface area contributed by atoms with Gasteiger partial charge in [0.15, 0.2) is 16.7 Å². The first-order chi connectivity index (χ1) is 20.1. The number of rotatable bonds is 10. The van der Waals surface area contributed by atoms with E-state index < -0.39 is 26.1 Å². The van der Waals surface area contributed by atoms with Crippen molar-refractivity contribution in [2.75, 3.05) is 6.61 Å². The van der Waals surface area contributed by atoms with Crippen molar-refractivity contribution in [3.05, 3.63) is 46.0 Å². The molecule has 0 bridgehead atoms. The lowest BCUT2D eigenvalue weighted by Crippen LogP contribution is -2.62. The van der Waals surface area contributed by atoms with E-state index in [1.807, 2.05) is 46.9 Å². The third-order valence-corrected chi connectivity index (χ3v) is 9.64. The molecule has 42 heavy (non-hydrogen) atoms. The van der Waals surface area contributed by atoms with Gasteiger partial charge in [0.25, 0.3) is 5.91 Å². The van der Waals surface area contributed by atoms with Crippen molar-refractivity contribution in [2.24, 2.45) is 17.9 Å². The van der Waals surface area contributed by atoms with E-state index in [2.05, 4.69) is 28.9 Å². The highest BCUT2D eigenvalue weighted by molar-refractivity contribution is 8.07. The van der Waals surface area contributed by atoms with Crippen molar-refractivity contribution in [1.29, 1.82) is 5.16 Å². The summed E-state index contributed by atoms with van der Waals surface area (Å²) in [5.41, 5.74) is 6.64. The number of β-lactam (4-membered cyclic amide) rings is 1. The van der Waals surface area contributed by atoms with Gasteiger partial charge in [0.1, 0.15) is 19.7 Å². The zero-order valence-electron chi connectivity index (χ0n) is 21.7. The van der Waals surface area contributed by atoms with Gasteiger partial charge in [-0.05, 0) is 12.3 Å². The van der Waals surface area contributed by atoms with Gasteiger partial charge in [-0.25, -0.2) is 14.1 Å². The molecule has 0 aromatic carbocycles. The van der Waals surface area contributed by atoms with E-state index in [4.69, 9.17) is 10.9 Å². The Morgan fingerprint density at radius 3 is 2.71 bits per heavy atom. The molecule has 15 nitrogen and oxygen atoms in total. The number of aliphatic carboxylic acids is 1. The van der Waals surface area contributed by atoms with Gasteiger partial charge in [0.05, 0.1) is 23.5 Å². The molecule has 5 rings (SSSR count). The minimum Gasteiger partial charge on any atom is -0.576 e. The highest BCUT2D eigenvalue weighted by Crippen LogP contribution is 2.45. The Morgan fingerprint density at radius 1 is 1.36 bits per heavy atom. The largest absolute Gasteiger partial charge is 0.576 e. The fourth-order valence-corrected chi connectivity index (χ4v) is 7.60. The van der Waals surface area contributed by atoms with Crippen LogP contribution >= 0.6 is 54.6 Å². The Labute approximate surface area is 256 Å². The molecule has 2 unspecified atom stereocenters. The Hall–Kier alpha value is -3.48. The number of hydrogen-bond acceptors (Lipinski definition) is 16. The molecular weight excluding hydrogens is 648 g/mol. The van der Waals surface area contributed by atoms with Crippen LogP contribution in [0.2, 0.25) is 0 Å². The molecule has 1 fully saturated rings. The Bertz CT molecular complexity index is 1560. The summed E-state index contributed by atoms with van der Waals surface area (Å²) in [6.45, 7) is 1.93. The maximum absolute atomic E-state index is 11.8. The van der Waals surface area contributed by atoms with E-state index in [0.717, 1.165) is 27.1 Å². The number of thiazole rings is 1. The first-order valence-corrected chi connectivity index (χ1v) is 16.3. The second-order valence-corrected chi connectivity index (χ2v) is 12.8. The average Bonchev–Trinajstić information content (AvgIpc) is 3.59. The zero-order valence-corrected chi connectivity index (χ0v) is 25.9. The molecule has 0 saturated carbocycles. The molecular formula is C22H21N8O7PS4. The molecule has 0 spiro atoms. The van der Waals surface area contributed by atoms with E-state index in [1.54, 1.807) is 6.92 Å². The van der Waals surface area contributed by atoms with Crippen LogP contribution in [0.25, 0.3) is 11.3 Å². The van der Waals surface area contributed by atoms with Crippen LogP contribution in [-0.4, -0.2) is 60.8 Å². The van der Waals surface area contributed by atoms with Crippen molar-refractivity contribution in [2.45, 2.75) is 29.1 Å². The highest BCUT2D eigenvalue weighted by atomic mass is 32.2. The lowest BCUT2D eigenvalue weighted by atomic mass is 10.1. The van der Waals surface area contributed by atoms with Crippen molar-refractivity contribution < 1.29 is 38.3 Å². The second-order valence-electron chi connectivity index (χ2n) is 8.14. The van der Waals surface area contributed by atoms with E-state index in [1.165, 1.54) is 39.8 Å². The number of pyridine rings is 1. The number of nitrogens with two attached hydrogens (primary N) is 1. The van der Waals surface area contributed by atoms with Gasteiger partial charge >= 0.3 is 13.4 Å². The summed E-state index contributed by atoms with van der Waals surface area (Å²) < 4.78 is 10.9. The maximum Gasteiger partial charge on any atom is 0.395 e. The number of carboxylic acid groups (broad SMARTS) is 1. The smallest absolute Gasteiger partial charge is 0.395 e. The summed E-state index contributed by atoms with van der Waals surface area (Å²) in [5.74, 6) is -2.35. The van der Waals surface area contributed by atoms with Crippen molar-refractivity contribution in [1.82, 2.24) is 19.2 Å². The van der Waals surface area contributed by atoms with Gasteiger partial charge in [0, 0.05) is 39.5 Å². The van der Waals surface area contributed by atoms with Crippen LogP contribution in [0.5, 0.6) is 5.19 Å². The normalized spacial score (nSPS) is 18.1. The minimum absolute atomic E-state index is 0.0864. The molecule has 2 amide bonds. The number of nitrogens with zero attached hydrogens (tertiary/aromatic N) is 6. The number of oxime groups is 1. The van der Waals surface area contributed by atoms with Crippen LogP contribution in [0.1, 0.15) is 19.2 Å². The number of aryl methyl sites for hydroxylation is 1. The number of primary amides is 1. The Balaban J connectivity index is 0.000000209. The highest BCUT2D eigenvalue weighted by Gasteiger charge is 2.45. The second kappa shape index (κ2) is 14.1. The number of amides is 2. The summed E-state index contributed by atoms with van der Waals surface area (Å²) in [5, 5.41) is 25.3. The molecule has 1 saturated heterocycles. The molecule has 0 radical (unpaired) electrons. The Morgan fingerprint density at radius 2 is 2.10 bits per heavy atom. The Kier molecular flexibility index (Phi) is 10.6. The number of carboxylic acids is 1. The van der Waals surface area contributed by atoms with Crippen molar-refractivity contribution in [3.8, 4) is 16.5 Å². The van der Waals surface area contributed by atoms with Crippen LogP contribution in [-0.2, 0) is 26.3 Å². The number of thioether (sulfide) groups is 2. The number of carbonyl (C=O) groups excluding carboxylic acids is 3. The summed E-state index contributed by atoms with van der Waals surface area (Å²) in [4.78, 5) is 59.8. The zero-order chi connectivity index (χ0) is 30.4. The average molecular weight is 669 g/mol. The lowest BCUT2D eigenvalue weighted by molar-refractivity contribution is -0.671.